The monoisotopic (exact) mass is 447 g/mol. The number of aryl methyl sites for hydroxylation is 1. The molecular weight excluding hydrogens is 418 g/mol. The Kier molecular flexibility index (Phi) is 6.78. The zero-order valence-corrected chi connectivity index (χ0v) is 19.1. The summed E-state index contributed by atoms with van der Waals surface area (Å²) in [4.78, 5) is 22.3. The summed E-state index contributed by atoms with van der Waals surface area (Å²) in [7, 11) is 0. The maximum absolute atomic E-state index is 12.1. The van der Waals surface area contributed by atoms with Crippen LogP contribution in [0.3, 0.4) is 0 Å². The number of amides is 1. The van der Waals surface area contributed by atoms with Crippen LogP contribution in [-0.2, 0) is 6.54 Å². The van der Waals surface area contributed by atoms with Crippen LogP contribution in [0.5, 0.6) is 5.88 Å². The van der Waals surface area contributed by atoms with E-state index < -0.39 is 6.09 Å². The Hall–Kier alpha value is -3.60. The molecule has 1 fully saturated rings. The summed E-state index contributed by atoms with van der Waals surface area (Å²) in [6.07, 6.45) is 6.60. The zero-order chi connectivity index (χ0) is 23.4. The van der Waals surface area contributed by atoms with Crippen molar-refractivity contribution in [2.24, 2.45) is 11.8 Å². The number of carboxylic acid groups (broad SMARTS) is 1. The van der Waals surface area contributed by atoms with Crippen LogP contribution >= 0.6 is 0 Å². The molecule has 33 heavy (non-hydrogen) atoms. The number of nitrogens with zero attached hydrogens (tertiary/aromatic N) is 5. The number of anilines is 1. The first-order valence-electron chi connectivity index (χ1n) is 11.4. The molecule has 1 unspecified atom stereocenters. The third-order valence-electron chi connectivity index (χ3n) is 6.41. The number of hydrogen-bond acceptors (Lipinski definition) is 5. The second kappa shape index (κ2) is 9.90. The van der Waals surface area contributed by atoms with Crippen molar-refractivity contribution in [3.8, 4) is 11.9 Å². The number of aromatic nitrogens is 3. The van der Waals surface area contributed by atoms with Crippen LogP contribution in [-0.4, -0.2) is 38.9 Å². The first-order valence-corrected chi connectivity index (χ1v) is 11.4. The standard InChI is InChI=1S/C25H29N5O3/c1-3-33-24-9-17(2)23(13-27-24)30(25(31)32)15-20-6-4-5-19(10-20)14-29-16-28-21-8-7-18(12-26)11-22(21)29/h7-9,11,13,16,19-20H,3-6,10,14-15H2,1-2H3,(H,31,32)/t19-,20?/m0/s1. The summed E-state index contributed by atoms with van der Waals surface area (Å²) in [5.41, 5.74) is 3.93. The van der Waals surface area contributed by atoms with Crippen molar-refractivity contribution < 1.29 is 14.6 Å². The van der Waals surface area contributed by atoms with E-state index in [9.17, 15) is 15.2 Å². The lowest BCUT2D eigenvalue weighted by atomic mass is 9.81. The van der Waals surface area contributed by atoms with E-state index in [4.69, 9.17) is 4.74 Å². The van der Waals surface area contributed by atoms with Gasteiger partial charge in [0.1, 0.15) is 0 Å². The Morgan fingerprint density at radius 3 is 2.85 bits per heavy atom. The topological polar surface area (TPSA) is 104 Å². The van der Waals surface area contributed by atoms with Crippen molar-refractivity contribution in [3.63, 3.8) is 0 Å². The normalized spacial score (nSPS) is 18.1. The van der Waals surface area contributed by atoms with Gasteiger partial charge >= 0.3 is 6.09 Å². The molecule has 1 N–H and O–H groups in total. The van der Waals surface area contributed by atoms with Crippen LogP contribution in [0.25, 0.3) is 11.0 Å². The smallest absolute Gasteiger partial charge is 0.411 e. The highest BCUT2D eigenvalue weighted by atomic mass is 16.5. The van der Waals surface area contributed by atoms with Gasteiger partial charge in [-0.05, 0) is 68.7 Å². The molecular formula is C25H29N5O3. The van der Waals surface area contributed by atoms with Crippen LogP contribution in [0.4, 0.5) is 10.5 Å². The zero-order valence-electron chi connectivity index (χ0n) is 19.1. The molecule has 172 valence electrons. The van der Waals surface area contributed by atoms with Gasteiger partial charge < -0.3 is 14.4 Å². The lowest BCUT2D eigenvalue weighted by Crippen LogP contribution is -2.37. The molecule has 4 rings (SSSR count). The average Bonchev–Trinajstić information content (AvgIpc) is 3.20. The van der Waals surface area contributed by atoms with Crippen LogP contribution in [0.2, 0.25) is 0 Å². The van der Waals surface area contributed by atoms with Crippen LogP contribution in [0.15, 0.2) is 36.8 Å². The molecule has 1 aliphatic rings. The Morgan fingerprint density at radius 1 is 1.30 bits per heavy atom. The quantitative estimate of drug-likeness (QED) is 0.546. The van der Waals surface area contributed by atoms with Crippen molar-refractivity contribution in [2.45, 2.75) is 46.1 Å². The van der Waals surface area contributed by atoms with Crippen molar-refractivity contribution in [3.05, 3.63) is 47.9 Å². The van der Waals surface area contributed by atoms with Gasteiger partial charge in [0.05, 0.1) is 47.5 Å². The second-order valence-corrected chi connectivity index (χ2v) is 8.75. The van der Waals surface area contributed by atoms with Crippen LogP contribution in [0.1, 0.15) is 43.7 Å². The fourth-order valence-electron chi connectivity index (χ4n) is 4.85. The van der Waals surface area contributed by atoms with Gasteiger partial charge in [-0.2, -0.15) is 5.26 Å². The lowest BCUT2D eigenvalue weighted by Gasteiger charge is -2.33. The molecule has 0 saturated heterocycles. The Balaban J connectivity index is 1.47. The highest BCUT2D eigenvalue weighted by Gasteiger charge is 2.28. The molecule has 3 aromatic rings. The molecule has 0 aliphatic heterocycles. The minimum absolute atomic E-state index is 0.273. The molecule has 1 aliphatic carbocycles. The molecule has 1 aromatic carbocycles. The maximum Gasteiger partial charge on any atom is 0.411 e. The molecule has 1 saturated carbocycles. The molecule has 0 spiro atoms. The highest BCUT2D eigenvalue weighted by molar-refractivity contribution is 5.87. The number of fused-ring (bicyclic) bond motifs is 1. The van der Waals surface area contributed by atoms with Gasteiger partial charge in [0, 0.05) is 19.2 Å². The number of pyridine rings is 1. The van der Waals surface area contributed by atoms with Gasteiger partial charge in [-0.25, -0.2) is 14.8 Å². The first-order chi connectivity index (χ1) is 16.0. The predicted molar refractivity (Wildman–Crippen MR) is 125 cm³/mol. The SMILES string of the molecule is CCOc1cc(C)c(N(CC2CCC[C@H](Cn3cnc4ccc(C#N)cc43)C2)C(=O)O)cn1. The fraction of sp³-hybridized carbons (Fsp3) is 0.440. The Morgan fingerprint density at radius 2 is 2.12 bits per heavy atom. The van der Waals surface area contributed by atoms with Gasteiger partial charge in [-0.1, -0.05) is 6.42 Å². The lowest BCUT2D eigenvalue weighted by molar-refractivity contribution is 0.195. The van der Waals surface area contributed by atoms with E-state index in [1.807, 2.05) is 32.3 Å². The molecule has 8 nitrogen and oxygen atoms in total. The van der Waals surface area contributed by atoms with E-state index >= 15 is 0 Å². The number of rotatable bonds is 7. The van der Waals surface area contributed by atoms with Gasteiger partial charge in [-0.3, -0.25) is 4.90 Å². The number of carbonyl (C=O) groups is 1. The fourth-order valence-corrected chi connectivity index (χ4v) is 4.85. The molecule has 1 amide bonds. The van der Waals surface area contributed by atoms with E-state index in [1.54, 1.807) is 18.3 Å². The average molecular weight is 448 g/mol. The van der Waals surface area contributed by atoms with Crippen molar-refractivity contribution in [1.82, 2.24) is 14.5 Å². The Labute approximate surface area is 193 Å². The summed E-state index contributed by atoms with van der Waals surface area (Å²) >= 11 is 0. The van der Waals surface area contributed by atoms with Crippen molar-refractivity contribution in [1.29, 1.82) is 5.26 Å². The summed E-state index contributed by atoms with van der Waals surface area (Å²) < 4.78 is 7.56. The summed E-state index contributed by atoms with van der Waals surface area (Å²) in [6.45, 7) is 5.56. The van der Waals surface area contributed by atoms with Gasteiger partial charge in [0.25, 0.3) is 0 Å². The number of imidazole rings is 1. The van der Waals surface area contributed by atoms with Crippen LogP contribution < -0.4 is 9.64 Å². The summed E-state index contributed by atoms with van der Waals surface area (Å²) in [5.74, 6) is 1.21. The van der Waals surface area contributed by atoms with E-state index in [1.165, 1.54) is 4.90 Å². The van der Waals surface area contributed by atoms with Gasteiger partial charge in [0.15, 0.2) is 0 Å². The molecule has 2 atom stereocenters. The number of hydrogen-bond donors (Lipinski definition) is 1. The minimum Gasteiger partial charge on any atom is -0.478 e. The molecule has 0 radical (unpaired) electrons. The van der Waals surface area contributed by atoms with Gasteiger partial charge in [-0.15, -0.1) is 0 Å². The highest BCUT2D eigenvalue weighted by Crippen LogP contribution is 2.33. The molecule has 8 heteroatoms. The van der Waals surface area contributed by atoms with E-state index in [2.05, 4.69) is 20.6 Å². The number of ether oxygens (including phenoxy) is 1. The maximum atomic E-state index is 12.1. The second-order valence-electron chi connectivity index (χ2n) is 8.75. The Bertz CT molecular complexity index is 1180. The summed E-state index contributed by atoms with van der Waals surface area (Å²) in [6, 6.07) is 9.54. The minimum atomic E-state index is -0.962. The summed E-state index contributed by atoms with van der Waals surface area (Å²) in [5, 5.41) is 19.1. The van der Waals surface area contributed by atoms with Crippen molar-refractivity contribution >= 4 is 22.8 Å². The van der Waals surface area contributed by atoms with E-state index in [-0.39, 0.29) is 5.92 Å². The van der Waals surface area contributed by atoms with Gasteiger partial charge in [0.2, 0.25) is 5.88 Å². The van der Waals surface area contributed by atoms with Crippen molar-refractivity contribution in [2.75, 3.05) is 18.1 Å². The molecule has 2 heterocycles. The molecule has 2 aromatic heterocycles. The third-order valence-corrected chi connectivity index (χ3v) is 6.41. The largest absolute Gasteiger partial charge is 0.478 e. The molecule has 0 bridgehead atoms. The third kappa shape index (κ3) is 5.08. The van der Waals surface area contributed by atoms with E-state index in [0.29, 0.717) is 36.2 Å². The predicted octanol–water partition coefficient (Wildman–Crippen LogP) is 5.00. The number of benzene rings is 1. The van der Waals surface area contributed by atoms with Crippen LogP contribution in [0, 0.1) is 30.1 Å². The van der Waals surface area contributed by atoms with E-state index in [0.717, 1.165) is 48.8 Å². The number of nitriles is 1. The first kappa shape index (κ1) is 22.6.